The molecule has 0 aromatic rings. The zero-order valence-corrected chi connectivity index (χ0v) is 15.2. The average Bonchev–Trinajstić information content (AvgIpc) is 2.54. The molecule has 130 valence electrons. The number of esters is 1. The molecule has 4 unspecified atom stereocenters. The van der Waals surface area contributed by atoms with Crippen LogP contribution in [0, 0.1) is 28.1 Å². The van der Waals surface area contributed by atoms with Crippen molar-refractivity contribution in [2.45, 2.75) is 65.7 Å². The van der Waals surface area contributed by atoms with Gasteiger partial charge in [-0.1, -0.05) is 31.9 Å². The van der Waals surface area contributed by atoms with Gasteiger partial charge in [0.15, 0.2) is 0 Å². The first-order chi connectivity index (χ1) is 10.8. The third-order valence-electron chi connectivity index (χ3n) is 7.64. The van der Waals surface area contributed by atoms with Gasteiger partial charge in [-0.05, 0) is 68.1 Å². The predicted molar refractivity (Wildman–Crippen MR) is 90.8 cm³/mol. The van der Waals surface area contributed by atoms with Gasteiger partial charge in [-0.2, -0.15) is 0 Å². The second-order valence-corrected chi connectivity index (χ2v) is 8.87. The number of aliphatic hydroxyl groups excluding tert-OH is 1. The summed E-state index contributed by atoms with van der Waals surface area (Å²) in [5, 5.41) is 10.00. The van der Waals surface area contributed by atoms with E-state index < -0.39 is 0 Å². The molecule has 23 heavy (non-hydrogen) atoms. The SMILES string of the molecule is COC(=O)C1(C)CCCC2(C)C3=CCC[C@](C)(CO)C3CCC12. The van der Waals surface area contributed by atoms with Gasteiger partial charge in [-0.25, -0.2) is 0 Å². The van der Waals surface area contributed by atoms with Crippen molar-refractivity contribution >= 4 is 5.97 Å². The quantitative estimate of drug-likeness (QED) is 0.615. The van der Waals surface area contributed by atoms with Gasteiger partial charge in [0.25, 0.3) is 0 Å². The van der Waals surface area contributed by atoms with E-state index in [2.05, 4.69) is 26.8 Å². The number of aliphatic hydroxyl groups is 1. The Morgan fingerprint density at radius 1 is 1.26 bits per heavy atom. The molecule has 3 rings (SSSR count). The standard InChI is InChI=1S/C20H32O3/c1-18(13-21)10-5-7-15-14(18)8-9-16-19(15,2)11-6-12-20(16,3)17(22)23-4/h7,14,16,21H,5-6,8-13H2,1-4H3/t14?,16?,18-,19?,20?/m1/s1. The number of fused-ring (bicyclic) bond motifs is 3. The van der Waals surface area contributed by atoms with E-state index in [1.54, 1.807) is 0 Å². The van der Waals surface area contributed by atoms with Crippen LogP contribution in [0.25, 0.3) is 0 Å². The second-order valence-electron chi connectivity index (χ2n) is 8.87. The van der Waals surface area contributed by atoms with Crippen molar-refractivity contribution in [3.8, 4) is 0 Å². The second kappa shape index (κ2) is 5.61. The van der Waals surface area contributed by atoms with Gasteiger partial charge in [-0.3, -0.25) is 4.79 Å². The van der Waals surface area contributed by atoms with Gasteiger partial charge < -0.3 is 9.84 Å². The van der Waals surface area contributed by atoms with Crippen LogP contribution in [0.5, 0.6) is 0 Å². The maximum Gasteiger partial charge on any atom is 0.311 e. The Bertz CT molecular complexity index is 525. The monoisotopic (exact) mass is 320 g/mol. The van der Waals surface area contributed by atoms with Crippen LogP contribution in [-0.2, 0) is 9.53 Å². The van der Waals surface area contributed by atoms with E-state index in [9.17, 15) is 9.90 Å². The minimum Gasteiger partial charge on any atom is -0.469 e. The lowest BCUT2D eigenvalue weighted by Gasteiger charge is -2.59. The molecule has 0 radical (unpaired) electrons. The van der Waals surface area contributed by atoms with Gasteiger partial charge in [-0.15, -0.1) is 0 Å². The fraction of sp³-hybridized carbons (Fsp3) is 0.850. The first-order valence-electron chi connectivity index (χ1n) is 9.22. The van der Waals surface area contributed by atoms with Gasteiger partial charge in [0.05, 0.1) is 12.5 Å². The minimum absolute atomic E-state index is 0.0111. The number of allylic oxidation sites excluding steroid dienone is 2. The van der Waals surface area contributed by atoms with E-state index in [0.717, 1.165) is 44.9 Å². The maximum atomic E-state index is 12.5. The van der Waals surface area contributed by atoms with Gasteiger partial charge in [0.1, 0.15) is 0 Å². The van der Waals surface area contributed by atoms with Crippen LogP contribution in [0.3, 0.4) is 0 Å². The highest BCUT2D eigenvalue weighted by Gasteiger charge is 2.59. The summed E-state index contributed by atoms with van der Waals surface area (Å²) in [4.78, 5) is 12.5. The molecule has 3 heteroatoms. The number of carbonyl (C=O) groups excluding carboxylic acids is 1. The summed E-state index contributed by atoms with van der Waals surface area (Å²) in [5.74, 6) is 0.801. The first-order valence-corrected chi connectivity index (χ1v) is 9.22. The lowest BCUT2D eigenvalue weighted by molar-refractivity contribution is -0.165. The molecular formula is C20H32O3. The summed E-state index contributed by atoms with van der Waals surface area (Å²) in [6.45, 7) is 7.01. The average molecular weight is 320 g/mol. The summed E-state index contributed by atoms with van der Waals surface area (Å²) in [6, 6.07) is 0. The van der Waals surface area contributed by atoms with Crippen molar-refractivity contribution in [3.63, 3.8) is 0 Å². The van der Waals surface area contributed by atoms with Crippen LogP contribution in [0.15, 0.2) is 11.6 Å². The normalized spacial score (nSPS) is 46.4. The third kappa shape index (κ3) is 2.30. The highest BCUT2D eigenvalue weighted by molar-refractivity contribution is 5.77. The molecule has 0 saturated heterocycles. The third-order valence-corrected chi connectivity index (χ3v) is 7.64. The smallest absolute Gasteiger partial charge is 0.311 e. The molecule has 3 aliphatic carbocycles. The van der Waals surface area contributed by atoms with Gasteiger partial charge >= 0.3 is 5.97 Å². The van der Waals surface area contributed by atoms with Crippen molar-refractivity contribution in [1.29, 1.82) is 0 Å². The first kappa shape index (κ1) is 17.0. The van der Waals surface area contributed by atoms with Crippen LogP contribution < -0.4 is 0 Å². The topological polar surface area (TPSA) is 46.5 Å². The molecule has 3 aliphatic rings. The molecule has 0 aromatic carbocycles. The highest BCUT2D eigenvalue weighted by Crippen LogP contribution is 2.65. The fourth-order valence-electron chi connectivity index (χ4n) is 6.24. The number of methoxy groups -OCH3 is 1. The Morgan fingerprint density at radius 3 is 2.65 bits per heavy atom. The highest BCUT2D eigenvalue weighted by atomic mass is 16.5. The molecule has 5 atom stereocenters. The Kier molecular flexibility index (Phi) is 4.15. The fourth-order valence-corrected chi connectivity index (χ4v) is 6.24. The molecule has 0 spiro atoms. The molecule has 2 fully saturated rings. The molecule has 0 aliphatic heterocycles. The molecule has 3 nitrogen and oxygen atoms in total. The Morgan fingerprint density at radius 2 is 2.00 bits per heavy atom. The summed E-state index contributed by atoms with van der Waals surface area (Å²) in [6.07, 6.45) is 9.92. The van der Waals surface area contributed by atoms with E-state index >= 15 is 0 Å². The summed E-state index contributed by atoms with van der Waals surface area (Å²) in [7, 11) is 1.52. The molecule has 0 bridgehead atoms. The Labute approximate surface area is 140 Å². The van der Waals surface area contributed by atoms with E-state index in [4.69, 9.17) is 4.74 Å². The van der Waals surface area contributed by atoms with E-state index in [-0.39, 0.29) is 28.8 Å². The molecule has 0 heterocycles. The molecule has 0 aromatic heterocycles. The lowest BCUT2D eigenvalue weighted by atomic mass is 9.44. The van der Waals surface area contributed by atoms with Crippen LogP contribution in [0.2, 0.25) is 0 Å². The van der Waals surface area contributed by atoms with Crippen molar-refractivity contribution in [1.82, 2.24) is 0 Å². The Balaban J connectivity index is 2.01. The number of hydrogen-bond donors (Lipinski definition) is 1. The molecule has 2 saturated carbocycles. The molecular weight excluding hydrogens is 288 g/mol. The number of rotatable bonds is 2. The number of hydrogen-bond acceptors (Lipinski definition) is 3. The van der Waals surface area contributed by atoms with Crippen LogP contribution in [0.4, 0.5) is 0 Å². The summed E-state index contributed by atoms with van der Waals surface area (Å²) >= 11 is 0. The number of carbonyl (C=O) groups is 1. The van der Waals surface area contributed by atoms with Crippen molar-refractivity contribution in [2.24, 2.45) is 28.1 Å². The van der Waals surface area contributed by atoms with Crippen LogP contribution in [-0.4, -0.2) is 24.8 Å². The van der Waals surface area contributed by atoms with Crippen molar-refractivity contribution in [2.75, 3.05) is 13.7 Å². The summed E-state index contributed by atoms with van der Waals surface area (Å²) in [5.41, 5.74) is 1.27. The molecule has 0 amide bonds. The minimum atomic E-state index is -0.360. The zero-order chi connectivity index (χ0) is 16.9. The van der Waals surface area contributed by atoms with E-state index in [1.807, 2.05) is 0 Å². The predicted octanol–water partition coefficient (Wildman–Crippen LogP) is 4.10. The Hall–Kier alpha value is -0.830. The zero-order valence-electron chi connectivity index (χ0n) is 15.2. The van der Waals surface area contributed by atoms with E-state index in [1.165, 1.54) is 12.7 Å². The molecule has 1 N–H and O–H groups in total. The number of ether oxygens (including phenoxy) is 1. The van der Waals surface area contributed by atoms with Crippen molar-refractivity contribution < 1.29 is 14.6 Å². The maximum absolute atomic E-state index is 12.5. The lowest BCUT2D eigenvalue weighted by Crippen LogP contribution is -2.54. The van der Waals surface area contributed by atoms with Gasteiger partial charge in [0.2, 0.25) is 0 Å². The van der Waals surface area contributed by atoms with Crippen molar-refractivity contribution in [3.05, 3.63) is 11.6 Å². The summed E-state index contributed by atoms with van der Waals surface area (Å²) < 4.78 is 5.19. The van der Waals surface area contributed by atoms with Crippen LogP contribution in [0.1, 0.15) is 65.7 Å². The largest absolute Gasteiger partial charge is 0.469 e. The van der Waals surface area contributed by atoms with Crippen LogP contribution >= 0.6 is 0 Å². The van der Waals surface area contributed by atoms with E-state index in [0.29, 0.717) is 11.8 Å². The van der Waals surface area contributed by atoms with Gasteiger partial charge in [0, 0.05) is 6.61 Å².